The molecule has 5 rings (SSSR count). The molecule has 0 radical (unpaired) electrons. The maximum atomic E-state index is 13.6. The first-order valence-corrected chi connectivity index (χ1v) is 11.4. The maximum Gasteiger partial charge on any atom is 0.260 e. The van der Waals surface area contributed by atoms with E-state index in [-0.39, 0.29) is 17.8 Å². The minimum Gasteiger partial charge on any atom is -0.482 e. The second-order valence-electron chi connectivity index (χ2n) is 8.89. The molecule has 0 saturated carbocycles. The zero-order valence-corrected chi connectivity index (χ0v) is 18.4. The summed E-state index contributed by atoms with van der Waals surface area (Å²) in [5.74, 6) is -0.158. The molecule has 1 aromatic carbocycles. The van der Waals surface area contributed by atoms with Gasteiger partial charge in [-0.1, -0.05) is 0 Å². The molecule has 7 heteroatoms. The third-order valence-electron chi connectivity index (χ3n) is 6.09. The van der Waals surface area contributed by atoms with Crippen LogP contribution in [0.2, 0.25) is 0 Å². The van der Waals surface area contributed by atoms with Crippen molar-refractivity contribution in [3.05, 3.63) is 63.3 Å². The number of fused-ring (bicyclic) bond motifs is 1. The number of likely N-dealkylation sites (tertiary alicyclic amines) is 1. The topological polar surface area (TPSA) is 61.8 Å². The minimum atomic E-state index is -0.592. The van der Waals surface area contributed by atoms with E-state index in [9.17, 15) is 14.3 Å². The van der Waals surface area contributed by atoms with Crippen molar-refractivity contribution in [2.75, 3.05) is 18.4 Å². The molecule has 1 atom stereocenters. The fourth-order valence-corrected chi connectivity index (χ4v) is 5.53. The van der Waals surface area contributed by atoms with Gasteiger partial charge in [0.05, 0.1) is 17.4 Å². The van der Waals surface area contributed by atoms with Crippen LogP contribution < -0.4 is 5.32 Å². The van der Waals surface area contributed by atoms with Crippen LogP contribution in [0.15, 0.2) is 41.5 Å². The van der Waals surface area contributed by atoms with Crippen molar-refractivity contribution < 1.29 is 19.0 Å². The number of carbonyl (C=O) groups is 1. The molecule has 0 spiro atoms. The van der Waals surface area contributed by atoms with Crippen molar-refractivity contribution in [3.8, 4) is 0 Å². The van der Waals surface area contributed by atoms with Crippen LogP contribution in [-0.4, -0.2) is 40.7 Å². The van der Waals surface area contributed by atoms with Crippen molar-refractivity contribution in [2.24, 2.45) is 0 Å². The Morgan fingerprint density at radius 2 is 2.19 bits per heavy atom. The maximum absolute atomic E-state index is 13.6. The van der Waals surface area contributed by atoms with Crippen LogP contribution in [0.4, 0.5) is 10.1 Å². The number of β-amino-alcohol motifs (C(OH)–C–C–N with tert-alkyl or cyclic N) is 1. The summed E-state index contributed by atoms with van der Waals surface area (Å²) in [5, 5.41) is 14.8. The number of rotatable bonds is 3. The molecule has 4 heterocycles. The van der Waals surface area contributed by atoms with Crippen LogP contribution in [0.1, 0.15) is 42.7 Å². The van der Waals surface area contributed by atoms with Crippen molar-refractivity contribution >= 4 is 34.1 Å². The number of nitrogens with zero attached hydrogens (tertiary/aromatic N) is 1. The second kappa shape index (κ2) is 7.58. The summed E-state index contributed by atoms with van der Waals surface area (Å²) in [6.45, 7) is 6.53. The smallest absolute Gasteiger partial charge is 0.260 e. The third-order valence-corrected chi connectivity index (χ3v) is 7.01. The Morgan fingerprint density at radius 3 is 3.00 bits per heavy atom. The second-order valence-corrected chi connectivity index (χ2v) is 9.88. The number of halogens is 1. The van der Waals surface area contributed by atoms with E-state index >= 15 is 0 Å². The van der Waals surface area contributed by atoms with E-state index in [1.54, 1.807) is 17.4 Å². The molecule has 0 bridgehead atoms. The van der Waals surface area contributed by atoms with Gasteiger partial charge in [-0.3, -0.25) is 9.69 Å². The Hall–Kier alpha value is -2.48. The van der Waals surface area contributed by atoms with E-state index in [4.69, 9.17) is 4.74 Å². The quantitative estimate of drug-likeness (QED) is 0.695. The molecule has 162 valence electrons. The van der Waals surface area contributed by atoms with E-state index < -0.39 is 5.60 Å². The average Bonchev–Trinajstić information content (AvgIpc) is 3.36. The highest BCUT2D eigenvalue weighted by Crippen LogP contribution is 2.45. The van der Waals surface area contributed by atoms with Gasteiger partial charge in [-0.2, -0.15) is 0 Å². The predicted molar refractivity (Wildman–Crippen MR) is 120 cm³/mol. The molecule has 1 unspecified atom stereocenters. The van der Waals surface area contributed by atoms with Gasteiger partial charge in [0.15, 0.2) is 0 Å². The number of carbonyl (C=O) groups excluding carboxylic acids is 1. The number of ether oxygens (including phenoxy) is 1. The molecular formula is C24H25FN2O3S. The predicted octanol–water partition coefficient (Wildman–Crippen LogP) is 4.40. The van der Waals surface area contributed by atoms with Gasteiger partial charge in [-0.05, 0) is 74.5 Å². The molecule has 2 N–H and O–H groups in total. The highest BCUT2D eigenvalue weighted by Gasteiger charge is 2.38. The summed E-state index contributed by atoms with van der Waals surface area (Å²) in [4.78, 5) is 16.1. The molecule has 3 aliphatic rings. The summed E-state index contributed by atoms with van der Waals surface area (Å²) in [6, 6.07) is 6.47. The van der Waals surface area contributed by atoms with E-state index in [2.05, 4.69) is 21.7 Å². The SMILES string of the molecule is CC1(C)O/C(=C2/C(=O)Nc3cc(F)ccc32)C=C1c1csc(CN2CCCC(O)C2)c1. The fourth-order valence-electron chi connectivity index (χ4n) is 4.61. The number of hydrogen-bond acceptors (Lipinski definition) is 5. The van der Waals surface area contributed by atoms with Crippen molar-refractivity contribution in [2.45, 2.75) is 44.9 Å². The van der Waals surface area contributed by atoms with Crippen LogP contribution in [0.25, 0.3) is 11.1 Å². The lowest BCUT2D eigenvalue weighted by Crippen LogP contribution is -2.37. The molecule has 1 fully saturated rings. The van der Waals surface area contributed by atoms with Gasteiger partial charge in [0.2, 0.25) is 0 Å². The Balaban J connectivity index is 1.45. The van der Waals surface area contributed by atoms with E-state index in [1.807, 2.05) is 19.9 Å². The summed E-state index contributed by atoms with van der Waals surface area (Å²) < 4.78 is 19.8. The lowest BCUT2D eigenvalue weighted by molar-refractivity contribution is -0.111. The molecule has 2 aromatic rings. The zero-order valence-electron chi connectivity index (χ0n) is 17.6. The number of amides is 1. The first-order chi connectivity index (χ1) is 14.8. The van der Waals surface area contributed by atoms with Crippen molar-refractivity contribution in [3.63, 3.8) is 0 Å². The highest BCUT2D eigenvalue weighted by molar-refractivity contribution is 7.10. The summed E-state index contributed by atoms with van der Waals surface area (Å²) in [7, 11) is 0. The van der Waals surface area contributed by atoms with E-state index in [1.165, 1.54) is 17.0 Å². The van der Waals surface area contributed by atoms with Crippen molar-refractivity contribution in [1.82, 2.24) is 4.90 Å². The molecule has 0 aliphatic carbocycles. The van der Waals surface area contributed by atoms with Crippen molar-refractivity contribution in [1.29, 1.82) is 0 Å². The van der Waals surface area contributed by atoms with Gasteiger partial charge >= 0.3 is 0 Å². The van der Waals surface area contributed by atoms with Gasteiger partial charge in [-0.15, -0.1) is 11.3 Å². The van der Waals surface area contributed by atoms with Crippen LogP contribution >= 0.6 is 11.3 Å². The molecule has 1 amide bonds. The lowest BCUT2D eigenvalue weighted by Gasteiger charge is -2.29. The number of allylic oxidation sites excluding steroid dienone is 1. The fraction of sp³-hybridized carbons (Fsp3) is 0.375. The minimum absolute atomic E-state index is 0.235. The summed E-state index contributed by atoms with van der Waals surface area (Å²) in [6.07, 6.45) is 3.60. The number of aliphatic hydroxyl groups is 1. The normalized spacial score (nSPS) is 25.2. The largest absolute Gasteiger partial charge is 0.482 e. The number of nitrogens with one attached hydrogen (secondary N) is 1. The first-order valence-electron chi connectivity index (χ1n) is 10.5. The van der Waals surface area contributed by atoms with Crippen LogP contribution in [0, 0.1) is 5.82 Å². The highest BCUT2D eigenvalue weighted by atomic mass is 32.1. The Morgan fingerprint density at radius 1 is 1.35 bits per heavy atom. The molecule has 31 heavy (non-hydrogen) atoms. The number of aliphatic hydroxyl groups excluding tert-OH is 1. The zero-order chi connectivity index (χ0) is 21.8. The number of anilines is 1. The summed E-state index contributed by atoms with van der Waals surface area (Å²) in [5.41, 5.74) is 3.07. The van der Waals surface area contributed by atoms with E-state index in [0.717, 1.165) is 43.6 Å². The van der Waals surface area contributed by atoms with E-state index in [0.29, 0.717) is 22.6 Å². The molecule has 5 nitrogen and oxygen atoms in total. The van der Waals surface area contributed by atoms with Crippen LogP contribution in [-0.2, 0) is 16.1 Å². The van der Waals surface area contributed by atoms with Gasteiger partial charge in [0.1, 0.15) is 17.2 Å². The Kier molecular flexibility index (Phi) is 5.00. The molecule has 1 aromatic heterocycles. The molecular weight excluding hydrogens is 415 g/mol. The van der Waals surface area contributed by atoms with Crippen LogP contribution in [0.3, 0.4) is 0 Å². The number of thiophene rings is 1. The Bertz CT molecular complexity index is 1120. The van der Waals surface area contributed by atoms with Gasteiger partial charge < -0.3 is 15.2 Å². The monoisotopic (exact) mass is 440 g/mol. The van der Waals surface area contributed by atoms with Gasteiger partial charge in [0, 0.05) is 29.1 Å². The van der Waals surface area contributed by atoms with Gasteiger partial charge in [0.25, 0.3) is 5.91 Å². The number of benzene rings is 1. The van der Waals surface area contributed by atoms with Gasteiger partial charge in [-0.25, -0.2) is 4.39 Å². The molecule has 3 aliphatic heterocycles. The number of piperidine rings is 1. The standard InChI is InChI=1S/C24H25FN2O3S/c1-24(2)19(14-8-17(31-13-14)12-27-7-3-4-16(28)11-27)10-21(30-24)22-18-6-5-15(25)9-20(18)26-23(22)29/h5-6,8-10,13,16,28H,3-4,7,11-12H2,1-2H3,(H,26,29)/b22-21+. The lowest BCUT2D eigenvalue weighted by atomic mass is 9.94. The first kappa shape index (κ1) is 20.4. The van der Waals surface area contributed by atoms with Crippen LogP contribution in [0.5, 0.6) is 0 Å². The average molecular weight is 441 g/mol. The summed E-state index contributed by atoms with van der Waals surface area (Å²) >= 11 is 1.70. The molecule has 1 saturated heterocycles. The number of hydrogen-bond donors (Lipinski definition) is 2. The third kappa shape index (κ3) is 3.82. The Labute approximate surface area is 184 Å².